The molecular weight excluding hydrogens is 302 g/mol. The van der Waals surface area contributed by atoms with Crippen LogP contribution >= 0.6 is 11.6 Å². The lowest BCUT2D eigenvalue weighted by atomic mass is 10.2. The SMILES string of the molecule is CCn1ncc2c(Cl)c(C(=O)NCc3ccncc3)cnc21. The van der Waals surface area contributed by atoms with E-state index in [1.54, 1.807) is 23.3 Å². The van der Waals surface area contributed by atoms with E-state index in [0.29, 0.717) is 34.7 Å². The number of carbonyl (C=O) groups is 1. The lowest BCUT2D eigenvalue weighted by molar-refractivity contribution is 0.0951. The second-order valence-electron chi connectivity index (χ2n) is 4.72. The molecule has 0 aromatic carbocycles. The highest BCUT2D eigenvalue weighted by Gasteiger charge is 2.16. The highest BCUT2D eigenvalue weighted by molar-refractivity contribution is 6.38. The van der Waals surface area contributed by atoms with Crippen LogP contribution in [-0.2, 0) is 13.1 Å². The summed E-state index contributed by atoms with van der Waals surface area (Å²) < 4.78 is 1.74. The summed E-state index contributed by atoms with van der Waals surface area (Å²) in [6.45, 7) is 3.07. The molecule has 0 radical (unpaired) electrons. The van der Waals surface area contributed by atoms with E-state index in [4.69, 9.17) is 11.6 Å². The van der Waals surface area contributed by atoms with Gasteiger partial charge in [-0.15, -0.1) is 0 Å². The van der Waals surface area contributed by atoms with Gasteiger partial charge >= 0.3 is 0 Å². The van der Waals surface area contributed by atoms with Gasteiger partial charge in [-0.1, -0.05) is 11.6 Å². The van der Waals surface area contributed by atoms with Crippen LogP contribution in [0.15, 0.2) is 36.9 Å². The van der Waals surface area contributed by atoms with Crippen molar-refractivity contribution in [2.45, 2.75) is 20.0 Å². The molecule has 0 bridgehead atoms. The third-order valence-electron chi connectivity index (χ3n) is 3.35. The van der Waals surface area contributed by atoms with Crippen molar-refractivity contribution < 1.29 is 4.79 Å². The molecule has 0 saturated heterocycles. The third-order valence-corrected chi connectivity index (χ3v) is 3.75. The molecule has 0 aliphatic rings. The molecular formula is C15H14ClN5O. The first-order valence-corrected chi connectivity index (χ1v) is 7.25. The molecule has 0 saturated carbocycles. The number of amides is 1. The topological polar surface area (TPSA) is 72.7 Å². The number of nitrogens with zero attached hydrogens (tertiary/aromatic N) is 4. The molecule has 3 aromatic heterocycles. The molecule has 0 aliphatic carbocycles. The van der Waals surface area contributed by atoms with Crippen molar-refractivity contribution >= 4 is 28.5 Å². The average molecular weight is 316 g/mol. The predicted molar refractivity (Wildman–Crippen MR) is 83.6 cm³/mol. The van der Waals surface area contributed by atoms with E-state index >= 15 is 0 Å². The zero-order valence-electron chi connectivity index (χ0n) is 12.0. The first kappa shape index (κ1) is 14.5. The molecule has 0 spiro atoms. The Kier molecular flexibility index (Phi) is 4.02. The Balaban J connectivity index is 1.83. The standard InChI is InChI=1S/C15H14ClN5O/c1-2-21-14-11(9-20-21)13(16)12(8-18-14)15(22)19-7-10-3-5-17-6-4-10/h3-6,8-9H,2,7H2,1H3,(H,19,22). The van der Waals surface area contributed by atoms with Crippen LogP contribution in [0.2, 0.25) is 5.02 Å². The molecule has 7 heteroatoms. The molecule has 0 fully saturated rings. The Bertz CT molecular complexity index is 815. The zero-order chi connectivity index (χ0) is 15.5. The van der Waals surface area contributed by atoms with Crippen molar-refractivity contribution in [1.29, 1.82) is 0 Å². The van der Waals surface area contributed by atoms with E-state index in [-0.39, 0.29) is 5.91 Å². The van der Waals surface area contributed by atoms with Gasteiger partial charge in [-0.25, -0.2) is 9.67 Å². The van der Waals surface area contributed by atoms with Gasteiger partial charge in [-0.3, -0.25) is 9.78 Å². The van der Waals surface area contributed by atoms with Gasteiger partial charge in [-0.2, -0.15) is 5.10 Å². The Morgan fingerprint density at radius 3 is 2.82 bits per heavy atom. The summed E-state index contributed by atoms with van der Waals surface area (Å²) in [4.78, 5) is 20.5. The van der Waals surface area contributed by atoms with Crippen LogP contribution in [0.3, 0.4) is 0 Å². The summed E-state index contributed by atoms with van der Waals surface area (Å²) in [7, 11) is 0. The van der Waals surface area contributed by atoms with E-state index in [2.05, 4.69) is 20.4 Å². The number of rotatable bonds is 4. The fourth-order valence-corrected chi connectivity index (χ4v) is 2.43. The minimum Gasteiger partial charge on any atom is -0.348 e. The summed E-state index contributed by atoms with van der Waals surface area (Å²) in [5.41, 5.74) is 1.99. The van der Waals surface area contributed by atoms with Crippen LogP contribution in [0.1, 0.15) is 22.8 Å². The molecule has 0 aliphatic heterocycles. The Morgan fingerprint density at radius 2 is 2.09 bits per heavy atom. The summed E-state index contributed by atoms with van der Waals surface area (Å²) in [6, 6.07) is 3.68. The Morgan fingerprint density at radius 1 is 1.32 bits per heavy atom. The van der Waals surface area contributed by atoms with E-state index in [1.807, 2.05) is 19.1 Å². The van der Waals surface area contributed by atoms with Crippen LogP contribution in [0.5, 0.6) is 0 Å². The highest BCUT2D eigenvalue weighted by Crippen LogP contribution is 2.25. The fourth-order valence-electron chi connectivity index (χ4n) is 2.17. The van der Waals surface area contributed by atoms with Gasteiger partial charge in [0.15, 0.2) is 5.65 Å². The van der Waals surface area contributed by atoms with Gasteiger partial charge in [-0.05, 0) is 24.6 Å². The molecule has 6 nitrogen and oxygen atoms in total. The first-order valence-electron chi connectivity index (χ1n) is 6.87. The van der Waals surface area contributed by atoms with Gasteiger partial charge in [0, 0.05) is 31.7 Å². The van der Waals surface area contributed by atoms with Gasteiger partial charge in [0.1, 0.15) is 0 Å². The quantitative estimate of drug-likeness (QED) is 0.802. The van der Waals surface area contributed by atoms with Gasteiger partial charge in [0.2, 0.25) is 0 Å². The van der Waals surface area contributed by atoms with Crippen molar-refractivity contribution in [2.75, 3.05) is 0 Å². The number of hydrogen-bond acceptors (Lipinski definition) is 4. The summed E-state index contributed by atoms with van der Waals surface area (Å²) in [6.07, 6.45) is 6.48. The minimum absolute atomic E-state index is 0.263. The number of aryl methyl sites for hydroxylation is 1. The van der Waals surface area contributed by atoms with E-state index in [0.717, 1.165) is 5.56 Å². The smallest absolute Gasteiger partial charge is 0.254 e. The average Bonchev–Trinajstić information content (AvgIpc) is 2.98. The predicted octanol–water partition coefficient (Wildman–Crippen LogP) is 2.43. The van der Waals surface area contributed by atoms with E-state index in [1.165, 1.54) is 6.20 Å². The first-order chi connectivity index (χ1) is 10.7. The Hall–Kier alpha value is -2.47. The summed E-state index contributed by atoms with van der Waals surface area (Å²) in [5, 5.41) is 8.08. The molecule has 0 atom stereocenters. The zero-order valence-corrected chi connectivity index (χ0v) is 12.7. The van der Waals surface area contributed by atoms with Crippen molar-refractivity contribution in [1.82, 2.24) is 25.1 Å². The minimum atomic E-state index is -0.263. The van der Waals surface area contributed by atoms with Gasteiger partial charge in [0.25, 0.3) is 5.91 Å². The molecule has 1 N–H and O–H groups in total. The van der Waals surface area contributed by atoms with E-state index < -0.39 is 0 Å². The number of pyridine rings is 2. The normalized spacial score (nSPS) is 10.8. The number of hydrogen-bond donors (Lipinski definition) is 1. The monoisotopic (exact) mass is 315 g/mol. The lowest BCUT2D eigenvalue weighted by Gasteiger charge is -2.07. The molecule has 3 rings (SSSR count). The highest BCUT2D eigenvalue weighted by atomic mass is 35.5. The number of aromatic nitrogens is 4. The third kappa shape index (κ3) is 2.65. The maximum absolute atomic E-state index is 12.3. The maximum atomic E-state index is 12.3. The second-order valence-corrected chi connectivity index (χ2v) is 5.10. The maximum Gasteiger partial charge on any atom is 0.254 e. The van der Waals surface area contributed by atoms with E-state index in [9.17, 15) is 4.79 Å². The second kappa shape index (κ2) is 6.11. The van der Waals surface area contributed by atoms with Crippen LogP contribution in [0.25, 0.3) is 11.0 Å². The fraction of sp³-hybridized carbons (Fsp3) is 0.200. The number of nitrogens with one attached hydrogen (secondary N) is 1. The van der Waals surface area contributed by atoms with Crippen LogP contribution < -0.4 is 5.32 Å². The molecule has 0 unspecified atom stereocenters. The summed E-state index contributed by atoms with van der Waals surface area (Å²) >= 11 is 6.32. The van der Waals surface area contributed by atoms with Gasteiger partial charge < -0.3 is 5.32 Å². The van der Waals surface area contributed by atoms with Crippen LogP contribution in [0, 0.1) is 0 Å². The number of fused-ring (bicyclic) bond motifs is 1. The van der Waals surface area contributed by atoms with Gasteiger partial charge in [0.05, 0.1) is 22.2 Å². The number of carbonyl (C=O) groups excluding carboxylic acids is 1. The van der Waals surface area contributed by atoms with Crippen molar-refractivity contribution in [2.24, 2.45) is 0 Å². The molecule has 1 amide bonds. The van der Waals surface area contributed by atoms with Crippen molar-refractivity contribution in [3.63, 3.8) is 0 Å². The molecule has 112 valence electrons. The Labute approximate surface area is 132 Å². The lowest BCUT2D eigenvalue weighted by Crippen LogP contribution is -2.23. The molecule has 3 heterocycles. The summed E-state index contributed by atoms with van der Waals surface area (Å²) in [5.74, 6) is -0.263. The van der Waals surface area contributed by atoms with Crippen molar-refractivity contribution in [3.05, 3.63) is 53.1 Å². The largest absolute Gasteiger partial charge is 0.348 e. The molecule has 22 heavy (non-hydrogen) atoms. The van der Waals surface area contributed by atoms with Crippen LogP contribution in [-0.4, -0.2) is 25.7 Å². The molecule has 3 aromatic rings. The van der Waals surface area contributed by atoms with Crippen LogP contribution in [0.4, 0.5) is 0 Å². The number of halogens is 1. The van der Waals surface area contributed by atoms with Crippen molar-refractivity contribution in [3.8, 4) is 0 Å².